The molecule has 6 rings (SSSR count). The van der Waals surface area contributed by atoms with E-state index in [1.165, 1.54) is 16.9 Å². The summed E-state index contributed by atoms with van der Waals surface area (Å²) in [5.74, 6) is -3.31. The lowest BCUT2D eigenvalue weighted by atomic mass is 9.51. The van der Waals surface area contributed by atoms with E-state index in [0.717, 1.165) is 5.57 Å². The Balaban J connectivity index is 1.52. The third-order valence-electron chi connectivity index (χ3n) is 9.36. The largest absolute Gasteiger partial charge is 0.504 e. The fourth-order valence-corrected chi connectivity index (χ4v) is 7.61. The Bertz CT molecular complexity index is 1420. The van der Waals surface area contributed by atoms with Crippen molar-refractivity contribution in [2.75, 3.05) is 18.6 Å². The molecule has 6 unspecified atom stereocenters. The minimum Gasteiger partial charge on any atom is -0.504 e. The number of likely N-dealkylation sites (tertiary alicyclic amines) is 1. The number of carbonyl (C=O) groups is 4. The van der Waals surface area contributed by atoms with Crippen molar-refractivity contribution in [1.29, 1.82) is 0 Å². The number of anilines is 1. The highest BCUT2D eigenvalue weighted by atomic mass is 16.5. The zero-order chi connectivity index (χ0) is 27.6. The molecule has 2 saturated heterocycles. The Morgan fingerprint density at radius 3 is 2.41 bits per heavy atom. The van der Waals surface area contributed by atoms with Gasteiger partial charge < -0.3 is 9.84 Å². The molecule has 6 atom stereocenters. The van der Waals surface area contributed by atoms with Crippen molar-refractivity contribution < 1.29 is 29.0 Å². The monoisotopic (exact) mass is 528 g/mol. The highest BCUT2D eigenvalue weighted by Crippen LogP contribution is 2.63. The van der Waals surface area contributed by atoms with Gasteiger partial charge in [-0.15, -0.1) is 0 Å². The van der Waals surface area contributed by atoms with E-state index in [2.05, 4.69) is 0 Å². The predicted molar refractivity (Wildman–Crippen MR) is 143 cm³/mol. The zero-order valence-corrected chi connectivity index (χ0v) is 22.3. The Morgan fingerprint density at radius 1 is 1.00 bits per heavy atom. The molecule has 202 valence electrons. The molecule has 0 aromatic heterocycles. The van der Waals surface area contributed by atoms with Crippen molar-refractivity contribution in [2.45, 2.75) is 39.0 Å². The maximum Gasteiger partial charge on any atom is 0.241 e. The number of carbonyl (C=O) groups excluding carboxylic acids is 4. The van der Waals surface area contributed by atoms with Crippen molar-refractivity contribution in [3.63, 3.8) is 0 Å². The molecule has 0 spiro atoms. The second-order valence-corrected chi connectivity index (χ2v) is 11.3. The fourth-order valence-electron chi connectivity index (χ4n) is 7.61. The summed E-state index contributed by atoms with van der Waals surface area (Å²) < 4.78 is 5.25. The van der Waals surface area contributed by atoms with Crippen LogP contribution in [0.3, 0.4) is 0 Å². The van der Waals surface area contributed by atoms with Crippen LogP contribution < -0.4 is 9.64 Å². The number of allylic oxidation sites excluding steroid dienone is 2. The van der Waals surface area contributed by atoms with Crippen molar-refractivity contribution >= 4 is 29.3 Å². The molecule has 2 aliphatic heterocycles. The lowest BCUT2D eigenvalue weighted by Gasteiger charge is -2.49. The average Bonchev–Trinajstić information content (AvgIpc) is 3.29. The van der Waals surface area contributed by atoms with Gasteiger partial charge in [0.25, 0.3) is 0 Å². The number of benzene rings is 2. The van der Waals surface area contributed by atoms with Crippen LogP contribution in [0.2, 0.25) is 0 Å². The van der Waals surface area contributed by atoms with Gasteiger partial charge in [-0.25, -0.2) is 4.90 Å². The standard InChI is InChI=1S/C31H32N2O6/c1-4-14-32-27(35)20-12-11-19-21(25(20)29(32)37)16-22-28(36)33(18-8-6-5-7-9-18)30(38)31(22,2)26(19)17-10-13-24(39-3)23(34)15-17/h5-11,13,15,20-22,25-26,34H,4,12,14,16H2,1-3H3. The summed E-state index contributed by atoms with van der Waals surface area (Å²) in [6, 6.07) is 14.0. The number of ether oxygens (including phenoxy) is 1. The highest BCUT2D eigenvalue weighted by molar-refractivity contribution is 6.24. The number of nitrogens with zero attached hydrogens (tertiary/aromatic N) is 2. The summed E-state index contributed by atoms with van der Waals surface area (Å²) in [5, 5.41) is 10.7. The predicted octanol–water partition coefficient (Wildman–Crippen LogP) is 4.04. The topological polar surface area (TPSA) is 104 Å². The first-order chi connectivity index (χ1) is 18.7. The summed E-state index contributed by atoms with van der Waals surface area (Å²) in [4.78, 5) is 57.8. The molecule has 2 heterocycles. The van der Waals surface area contributed by atoms with E-state index in [-0.39, 0.29) is 35.3 Å². The number of methoxy groups -OCH3 is 1. The summed E-state index contributed by atoms with van der Waals surface area (Å²) in [6.45, 7) is 4.15. The molecule has 2 aromatic carbocycles. The van der Waals surface area contributed by atoms with Gasteiger partial charge in [0.2, 0.25) is 23.6 Å². The second kappa shape index (κ2) is 9.07. The molecule has 0 radical (unpaired) electrons. The van der Waals surface area contributed by atoms with Gasteiger partial charge in [0, 0.05) is 12.5 Å². The first kappa shape index (κ1) is 25.3. The van der Waals surface area contributed by atoms with Crippen LogP contribution in [0.5, 0.6) is 11.5 Å². The number of fused-ring (bicyclic) bond motifs is 4. The van der Waals surface area contributed by atoms with E-state index >= 15 is 0 Å². The number of phenols is 1. The smallest absolute Gasteiger partial charge is 0.241 e. The van der Waals surface area contributed by atoms with Gasteiger partial charge in [0.1, 0.15) is 0 Å². The van der Waals surface area contributed by atoms with E-state index in [4.69, 9.17) is 4.74 Å². The van der Waals surface area contributed by atoms with Crippen molar-refractivity contribution in [3.05, 3.63) is 65.7 Å². The normalized spacial score (nSPS) is 31.7. The van der Waals surface area contributed by atoms with Gasteiger partial charge in [0.05, 0.1) is 36.0 Å². The van der Waals surface area contributed by atoms with Gasteiger partial charge in [0.15, 0.2) is 11.5 Å². The molecular formula is C31H32N2O6. The van der Waals surface area contributed by atoms with Gasteiger partial charge in [-0.3, -0.25) is 24.1 Å². The van der Waals surface area contributed by atoms with Crippen LogP contribution in [0, 0.1) is 29.1 Å². The Kier molecular flexibility index (Phi) is 5.90. The third-order valence-corrected chi connectivity index (χ3v) is 9.36. The number of imide groups is 2. The Labute approximate surface area is 227 Å². The minimum absolute atomic E-state index is 0.0653. The van der Waals surface area contributed by atoms with Crippen LogP contribution in [0.15, 0.2) is 60.2 Å². The third kappa shape index (κ3) is 3.43. The SMILES string of the molecule is CCCN1C(=O)C2CC=C3C(CC4C(=O)N(c5ccccc5)C(=O)C4(C)C3c3ccc(OC)c(O)c3)C2C1=O. The quantitative estimate of drug-likeness (QED) is 0.464. The van der Waals surface area contributed by atoms with E-state index in [1.807, 2.05) is 32.1 Å². The van der Waals surface area contributed by atoms with Crippen LogP contribution in [0.4, 0.5) is 5.69 Å². The summed E-state index contributed by atoms with van der Waals surface area (Å²) in [5.41, 5.74) is 0.942. The molecular weight excluding hydrogens is 496 g/mol. The van der Waals surface area contributed by atoms with Crippen LogP contribution >= 0.6 is 0 Å². The van der Waals surface area contributed by atoms with E-state index < -0.39 is 29.1 Å². The molecule has 4 aliphatic rings. The zero-order valence-electron chi connectivity index (χ0n) is 22.3. The van der Waals surface area contributed by atoms with Crippen molar-refractivity contribution in [2.24, 2.45) is 29.1 Å². The number of aromatic hydroxyl groups is 1. The number of phenolic OH excluding ortho intramolecular Hbond substituents is 1. The molecule has 4 amide bonds. The molecule has 8 heteroatoms. The van der Waals surface area contributed by atoms with Crippen LogP contribution in [-0.4, -0.2) is 47.3 Å². The number of hydrogen-bond donors (Lipinski definition) is 1. The first-order valence-electron chi connectivity index (χ1n) is 13.6. The summed E-state index contributed by atoms with van der Waals surface area (Å²) >= 11 is 0. The van der Waals surface area contributed by atoms with Gasteiger partial charge in [-0.1, -0.05) is 42.8 Å². The highest BCUT2D eigenvalue weighted by Gasteiger charge is 2.67. The van der Waals surface area contributed by atoms with E-state index in [9.17, 15) is 24.3 Å². The van der Waals surface area contributed by atoms with Crippen molar-refractivity contribution in [3.8, 4) is 11.5 Å². The number of hydrogen-bond acceptors (Lipinski definition) is 6. The molecule has 0 bridgehead atoms. The van der Waals surface area contributed by atoms with Gasteiger partial charge in [-0.2, -0.15) is 0 Å². The molecule has 1 saturated carbocycles. The lowest BCUT2D eigenvalue weighted by Crippen LogP contribution is -2.48. The molecule has 2 aromatic rings. The molecule has 3 fully saturated rings. The fraction of sp³-hybridized carbons (Fsp3) is 0.419. The van der Waals surface area contributed by atoms with Crippen LogP contribution in [-0.2, 0) is 19.2 Å². The summed E-state index contributed by atoms with van der Waals surface area (Å²) in [6.07, 6.45) is 3.42. The molecule has 1 N–H and O–H groups in total. The number of para-hydroxylation sites is 1. The van der Waals surface area contributed by atoms with Crippen molar-refractivity contribution in [1.82, 2.24) is 4.90 Å². The average molecular weight is 529 g/mol. The molecule has 39 heavy (non-hydrogen) atoms. The van der Waals surface area contributed by atoms with Gasteiger partial charge >= 0.3 is 0 Å². The summed E-state index contributed by atoms with van der Waals surface area (Å²) in [7, 11) is 1.47. The first-order valence-corrected chi connectivity index (χ1v) is 13.6. The molecule has 8 nitrogen and oxygen atoms in total. The lowest BCUT2D eigenvalue weighted by molar-refractivity contribution is -0.140. The number of amides is 4. The maximum absolute atomic E-state index is 14.3. The molecule has 2 aliphatic carbocycles. The van der Waals surface area contributed by atoms with E-state index in [0.29, 0.717) is 42.8 Å². The van der Waals surface area contributed by atoms with Crippen LogP contribution in [0.25, 0.3) is 0 Å². The maximum atomic E-state index is 14.3. The Hall–Kier alpha value is -3.94. The Morgan fingerprint density at radius 2 is 1.74 bits per heavy atom. The van der Waals surface area contributed by atoms with Gasteiger partial charge in [-0.05, 0) is 61.9 Å². The van der Waals surface area contributed by atoms with Crippen LogP contribution in [0.1, 0.15) is 44.6 Å². The number of rotatable bonds is 5. The van der Waals surface area contributed by atoms with E-state index in [1.54, 1.807) is 36.4 Å². The second-order valence-electron chi connectivity index (χ2n) is 11.3. The minimum atomic E-state index is -1.14.